The summed E-state index contributed by atoms with van der Waals surface area (Å²) in [6, 6.07) is 6.14. The third kappa shape index (κ3) is 3.70. The maximum Gasteiger partial charge on any atom is 0.0474 e. The van der Waals surface area contributed by atoms with Gasteiger partial charge in [0.05, 0.1) is 0 Å². The Bertz CT molecular complexity index is 430. The van der Waals surface area contributed by atoms with Crippen molar-refractivity contribution in [2.24, 2.45) is 11.7 Å². The molecular weight excluding hydrogens is 328 g/mol. The highest BCUT2D eigenvalue weighted by Gasteiger charge is 2.29. The molecule has 1 aromatic rings. The molecule has 0 saturated heterocycles. The summed E-state index contributed by atoms with van der Waals surface area (Å²) in [5, 5.41) is 13.7. The third-order valence-corrected chi connectivity index (χ3v) is 4.84. The first-order valence-electron chi connectivity index (χ1n) is 6.67. The van der Waals surface area contributed by atoms with Gasteiger partial charge < -0.3 is 16.2 Å². The Morgan fingerprint density at radius 1 is 1.47 bits per heavy atom. The van der Waals surface area contributed by atoms with Crippen LogP contribution in [0.5, 0.6) is 0 Å². The lowest BCUT2D eigenvalue weighted by Gasteiger charge is -2.26. The zero-order valence-corrected chi connectivity index (χ0v) is 13.1. The molecule has 0 spiro atoms. The normalized spacial score (nSPS) is 24.6. The Morgan fingerprint density at radius 3 is 2.95 bits per heavy atom. The van der Waals surface area contributed by atoms with E-state index in [0.29, 0.717) is 23.5 Å². The lowest BCUT2D eigenvalue weighted by molar-refractivity contribution is 0.199. The maximum absolute atomic E-state index is 9.39. The molecule has 1 saturated carbocycles. The number of aliphatic hydroxyl groups is 1. The average Bonchev–Trinajstić information content (AvgIpc) is 2.86. The zero-order valence-electron chi connectivity index (χ0n) is 10.8. The summed E-state index contributed by atoms with van der Waals surface area (Å²) in [7, 11) is 0. The summed E-state index contributed by atoms with van der Waals surface area (Å²) < 4.78 is 1.01. The van der Waals surface area contributed by atoms with Crippen molar-refractivity contribution in [3.05, 3.63) is 33.3 Å². The Balaban J connectivity index is 2.13. The number of aliphatic hydroxyl groups excluding tert-OH is 1. The van der Waals surface area contributed by atoms with Crippen molar-refractivity contribution in [3.8, 4) is 0 Å². The minimum Gasteiger partial charge on any atom is -0.396 e. The van der Waals surface area contributed by atoms with Gasteiger partial charge in [0.2, 0.25) is 0 Å². The molecule has 1 aromatic carbocycles. The van der Waals surface area contributed by atoms with Crippen LogP contribution in [-0.2, 0) is 0 Å². The number of benzene rings is 1. The van der Waals surface area contributed by atoms with E-state index in [4.69, 9.17) is 17.3 Å². The Hall–Kier alpha value is -0.130. The van der Waals surface area contributed by atoms with E-state index in [1.807, 2.05) is 18.2 Å². The van der Waals surface area contributed by atoms with E-state index >= 15 is 0 Å². The molecule has 106 valence electrons. The highest BCUT2D eigenvalue weighted by Crippen LogP contribution is 2.30. The predicted octanol–water partition coefficient (Wildman–Crippen LogP) is 2.85. The highest BCUT2D eigenvalue weighted by molar-refractivity contribution is 9.10. The van der Waals surface area contributed by atoms with Crippen molar-refractivity contribution in [2.45, 2.75) is 31.3 Å². The summed E-state index contributed by atoms with van der Waals surface area (Å²) in [4.78, 5) is 0. The molecule has 0 aliphatic heterocycles. The second kappa shape index (κ2) is 7.04. The van der Waals surface area contributed by atoms with Crippen LogP contribution in [0.25, 0.3) is 0 Å². The van der Waals surface area contributed by atoms with Gasteiger partial charge in [0, 0.05) is 34.7 Å². The van der Waals surface area contributed by atoms with Crippen molar-refractivity contribution in [2.75, 3.05) is 13.2 Å². The van der Waals surface area contributed by atoms with E-state index in [1.165, 1.54) is 0 Å². The van der Waals surface area contributed by atoms with Gasteiger partial charge in [-0.1, -0.05) is 34.0 Å². The number of nitrogens with two attached hydrogens (primary N) is 1. The van der Waals surface area contributed by atoms with Gasteiger partial charge in [0.1, 0.15) is 0 Å². The number of rotatable bonds is 5. The Labute approximate surface area is 127 Å². The molecule has 3 nitrogen and oxygen atoms in total. The molecule has 2 rings (SSSR count). The number of hydrogen-bond acceptors (Lipinski definition) is 3. The van der Waals surface area contributed by atoms with Gasteiger partial charge in [0.15, 0.2) is 0 Å². The highest BCUT2D eigenvalue weighted by atomic mass is 79.9. The van der Waals surface area contributed by atoms with E-state index in [0.717, 1.165) is 29.3 Å². The van der Waals surface area contributed by atoms with Gasteiger partial charge in [-0.25, -0.2) is 0 Å². The average molecular weight is 348 g/mol. The molecule has 0 amide bonds. The first kappa shape index (κ1) is 15.3. The van der Waals surface area contributed by atoms with Crippen LogP contribution < -0.4 is 11.1 Å². The molecule has 0 bridgehead atoms. The van der Waals surface area contributed by atoms with Crippen LogP contribution >= 0.6 is 27.5 Å². The van der Waals surface area contributed by atoms with Crippen LogP contribution in [-0.4, -0.2) is 24.3 Å². The van der Waals surface area contributed by atoms with Crippen molar-refractivity contribution >= 4 is 27.5 Å². The molecular formula is C14H20BrClN2O. The quantitative estimate of drug-likeness (QED) is 0.767. The zero-order chi connectivity index (χ0) is 13.8. The number of halogens is 2. The van der Waals surface area contributed by atoms with E-state index < -0.39 is 0 Å². The van der Waals surface area contributed by atoms with Crippen molar-refractivity contribution < 1.29 is 5.11 Å². The monoisotopic (exact) mass is 346 g/mol. The van der Waals surface area contributed by atoms with Crippen molar-refractivity contribution in [1.29, 1.82) is 0 Å². The summed E-state index contributed by atoms with van der Waals surface area (Å²) in [5.74, 6) is 0.340. The van der Waals surface area contributed by atoms with Crippen molar-refractivity contribution in [1.82, 2.24) is 5.32 Å². The number of nitrogens with one attached hydrogen (secondary N) is 1. The molecule has 3 atom stereocenters. The van der Waals surface area contributed by atoms with Gasteiger partial charge in [0.25, 0.3) is 0 Å². The maximum atomic E-state index is 9.39. The number of hydrogen-bond donors (Lipinski definition) is 3. The lowest BCUT2D eigenvalue weighted by Crippen LogP contribution is -2.40. The molecule has 19 heavy (non-hydrogen) atoms. The summed E-state index contributed by atoms with van der Waals surface area (Å²) in [6.07, 6.45) is 3.35. The smallest absolute Gasteiger partial charge is 0.0474 e. The molecule has 1 aliphatic carbocycles. The largest absolute Gasteiger partial charge is 0.396 e. The molecule has 5 heteroatoms. The molecule has 0 heterocycles. The van der Waals surface area contributed by atoms with Crippen LogP contribution in [0.1, 0.15) is 30.9 Å². The Morgan fingerprint density at radius 2 is 2.26 bits per heavy atom. The Kier molecular flexibility index (Phi) is 5.66. The molecule has 0 aromatic heterocycles. The van der Waals surface area contributed by atoms with Crippen LogP contribution in [0.2, 0.25) is 5.02 Å². The van der Waals surface area contributed by atoms with E-state index in [9.17, 15) is 5.11 Å². The molecule has 1 aliphatic rings. The minimum atomic E-state index is 0.0604. The lowest BCUT2D eigenvalue weighted by atomic mass is 10.0. The van der Waals surface area contributed by atoms with Crippen LogP contribution in [0, 0.1) is 5.92 Å². The van der Waals surface area contributed by atoms with Gasteiger partial charge in [-0.2, -0.15) is 0 Å². The van der Waals surface area contributed by atoms with Crippen molar-refractivity contribution in [3.63, 3.8) is 0 Å². The fourth-order valence-electron chi connectivity index (χ4n) is 2.80. The van der Waals surface area contributed by atoms with Gasteiger partial charge in [-0.3, -0.25) is 0 Å². The third-order valence-electron chi connectivity index (χ3n) is 3.88. The van der Waals surface area contributed by atoms with E-state index in [1.54, 1.807) is 0 Å². The van der Waals surface area contributed by atoms with E-state index in [2.05, 4.69) is 21.2 Å². The summed E-state index contributed by atoms with van der Waals surface area (Å²) in [5.41, 5.74) is 6.98. The minimum absolute atomic E-state index is 0.0604. The van der Waals surface area contributed by atoms with Gasteiger partial charge in [-0.05, 0) is 42.5 Å². The second-order valence-electron chi connectivity index (χ2n) is 5.10. The molecule has 1 fully saturated rings. The first-order chi connectivity index (χ1) is 9.15. The van der Waals surface area contributed by atoms with Crippen LogP contribution in [0.4, 0.5) is 0 Å². The fourth-order valence-corrected chi connectivity index (χ4v) is 3.50. The van der Waals surface area contributed by atoms with E-state index in [-0.39, 0.29) is 12.6 Å². The van der Waals surface area contributed by atoms with Gasteiger partial charge in [-0.15, -0.1) is 0 Å². The second-order valence-corrected chi connectivity index (χ2v) is 6.39. The molecule has 4 N–H and O–H groups in total. The topological polar surface area (TPSA) is 58.3 Å². The molecule has 0 radical (unpaired) electrons. The van der Waals surface area contributed by atoms with Crippen LogP contribution in [0.3, 0.4) is 0 Å². The standard InChI is InChI=1S/C14H20BrClN2O/c15-12-5-4-10(16)6-11(12)14(7-17)18-13-3-1-2-9(13)8-19/h4-6,9,13-14,18-19H,1-3,7-8,17H2. The summed E-state index contributed by atoms with van der Waals surface area (Å²) in [6.45, 7) is 0.749. The summed E-state index contributed by atoms with van der Waals surface area (Å²) >= 11 is 9.61. The SMILES string of the molecule is NCC(NC1CCCC1CO)c1cc(Cl)ccc1Br. The molecule has 3 unspecified atom stereocenters. The fraction of sp³-hybridized carbons (Fsp3) is 0.571. The predicted molar refractivity (Wildman–Crippen MR) is 82.3 cm³/mol. The first-order valence-corrected chi connectivity index (χ1v) is 7.84. The van der Waals surface area contributed by atoms with Gasteiger partial charge >= 0.3 is 0 Å². The van der Waals surface area contributed by atoms with Crippen LogP contribution in [0.15, 0.2) is 22.7 Å².